The average molecular weight is 526 g/mol. The zero-order valence-electron chi connectivity index (χ0n) is 18.5. The molecule has 2 aliphatic carbocycles. The van der Waals surface area contributed by atoms with Crippen LogP contribution in [0.3, 0.4) is 0 Å². The Labute approximate surface area is 214 Å². The molecular weight excluding hydrogens is 498 g/mol. The molecule has 0 heterocycles. The normalized spacial score (nSPS) is 17.5. The number of halogens is 2. The van der Waals surface area contributed by atoms with Gasteiger partial charge in [-0.15, -0.1) is 0 Å². The van der Waals surface area contributed by atoms with E-state index in [1.54, 1.807) is 41.4 Å². The minimum absolute atomic E-state index is 0. The molecular formula is C28H27Cl2Zr. The van der Waals surface area contributed by atoms with Gasteiger partial charge in [0.1, 0.15) is 0 Å². The largest absolute Gasteiger partial charge is 1.00 e. The van der Waals surface area contributed by atoms with E-state index in [9.17, 15) is 0 Å². The van der Waals surface area contributed by atoms with Crippen LogP contribution in [0.5, 0.6) is 0 Å². The Bertz CT molecular complexity index is 1180. The predicted molar refractivity (Wildman–Crippen MR) is 119 cm³/mol. The molecule has 31 heavy (non-hydrogen) atoms. The van der Waals surface area contributed by atoms with E-state index >= 15 is 0 Å². The van der Waals surface area contributed by atoms with Gasteiger partial charge in [-0.1, -0.05) is 0 Å². The SMILES string of the molecule is CCc1ccc2c(c1)[CH]([Zr+2])c1c-2ccc(CC)c1C1C=Cc2c(C)cc(C)cc21.[Cl-].[Cl-]. The van der Waals surface area contributed by atoms with Crippen LogP contribution in [0.25, 0.3) is 17.2 Å². The molecule has 0 radical (unpaired) electrons. The topological polar surface area (TPSA) is 0 Å². The molecule has 5 rings (SSSR count). The fourth-order valence-corrected chi connectivity index (χ4v) is 6.77. The van der Waals surface area contributed by atoms with E-state index in [1.165, 1.54) is 44.5 Å². The van der Waals surface area contributed by atoms with Gasteiger partial charge in [-0.05, 0) is 0 Å². The molecule has 0 amide bonds. The van der Waals surface area contributed by atoms with Gasteiger partial charge in [-0.2, -0.15) is 0 Å². The van der Waals surface area contributed by atoms with Crippen LogP contribution in [-0.2, 0) is 37.6 Å². The maximum Gasteiger partial charge on any atom is -1.00 e. The third-order valence-corrected chi connectivity index (χ3v) is 8.31. The molecule has 0 fully saturated rings. The first kappa shape index (κ1) is 24.5. The molecule has 2 atom stereocenters. The summed E-state index contributed by atoms with van der Waals surface area (Å²) in [6.07, 6.45) is 7.02. The van der Waals surface area contributed by atoms with Gasteiger partial charge in [-0.25, -0.2) is 0 Å². The zero-order valence-corrected chi connectivity index (χ0v) is 22.5. The van der Waals surface area contributed by atoms with Crippen LogP contribution in [0.4, 0.5) is 0 Å². The third-order valence-electron chi connectivity index (χ3n) is 6.84. The summed E-state index contributed by atoms with van der Waals surface area (Å²) in [7, 11) is 0. The van der Waals surface area contributed by atoms with Gasteiger partial charge in [0.25, 0.3) is 0 Å². The maximum atomic E-state index is 2.47. The molecule has 0 spiro atoms. The van der Waals surface area contributed by atoms with E-state index in [0.29, 0.717) is 9.54 Å². The molecule has 2 unspecified atom stereocenters. The summed E-state index contributed by atoms with van der Waals surface area (Å²) < 4.78 is 0.545. The van der Waals surface area contributed by atoms with Crippen LogP contribution in [0.2, 0.25) is 0 Å². The minimum Gasteiger partial charge on any atom is -1.00 e. The fourth-order valence-electron chi connectivity index (χ4n) is 5.42. The van der Waals surface area contributed by atoms with Gasteiger partial charge < -0.3 is 24.8 Å². The van der Waals surface area contributed by atoms with Gasteiger partial charge >= 0.3 is 191 Å². The summed E-state index contributed by atoms with van der Waals surface area (Å²) in [5.74, 6) is 0.386. The Morgan fingerprint density at radius 2 is 1.55 bits per heavy atom. The number of benzene rings is 3. The van der Waals surface area contributed by atoms with Crippen molar-refractivity contribution in [2.75, 3.05) is 0 Å². The van der Waals surface area contributed by atoms with Crippen molar-refractivity contribution in [3.05, 3.63) is 98.6 Å². The first-order valence-corrected chi connectivity index (χ1v) is 12.2. The average Bonchev–Trinajstić information content (AvgIpc) is 3.26. The molecule has 3 aromatic carbocycles. The second-order valence-electron chi connectivity index (χ2n) is 8.58. The molecule has 0 aliphatic heterocycles. The van der Waals surface area contributed by atoms with Gasteiger partial charge in [-0.3, -0.25) is 0 Å². The second kappa shape index (κ2) is 9.39. The summed E-state index contributed by atoms with van der Waals surface area (Å²) in [5.41, 5.74) is 16.4. The number of allylic oxidation sites excluding steroid dienone is 1. The van der Waals surface area contributed by atoms with E-state index in [-0.39, 0.29) is 24.8 Å². The Morgan fingerprint density at radius 1 is 0.806 bits per heavy atom. The quantitative estimate of drug-likeness (QED) is 0.483. The summed E-state index contributed by atoms with van der Waals surface area (Å²) >= 11 is 1.60. The third kappa shape index (κ3) is 3.82. The van der Waals surface area contributed by atoms with Gasteiger partial charge in [0.15, 0.2) is 0 Å². The Morgan fingerprint density at radius 3 is 2.26 bits per heavy atom. The van der Waals surface area contributed by atoms with Crippen molar-refractivity contribution in [2.24, 2.45) is 0 Å². The number of fused-ring (bicyclic) bond motifs is 4. The maximum absolute atomic E-state index is 2.47. The summed E-state index contributed by atoms with van der Waals surface area (Å²) in [4.78, 5) is 0. The Kier molecular flexibility index (Phi) is 7.42. The van der Waals surface area contributed by atoms with E-state index < -0.39 is 0 Å². The van der Waals surface area contributed by atoms with Crippen molar-refractivity contribution in [3.8, 4) is 11.1 Å². The van der Waals surface area contributed by atoms with Gasteiger partial charge in [0.05, 0.1) is 0 Å². The number of rotatable bonds is 3. The summed E-state index contributed by atoms with van der Waals surface area (Å²) in [5, 5.41) is 0. The molecule has 0 saturated carbocycles. The van der Waals surface area contributed by atoms with E-state index in [0.717, 1.165) is 12.8 Å². The Balaban J connectivity index is 0.00000136. The monoisotopic (exact) mass is 523 g/mol. The number of hydrogen-bond donors (Lipinski definition) is 0. The Hall–Kier alpha value is -1.14. The summed E-state index contributed by atoms with van der Waals surface area (Å²) in [6.45, 7) is 9.05. The number of aryl methyl sites for hydroxylation is 4. The van der Waals surface area contributed by atoms with Crippen LogP contribution >= 0.6 is 0 Å². The van der Waals surface area contributed by atoms with Crippen molar-refractivity contribution in [3.63, 3.8) is 0 Å². The van der Waals surface area contributed by atoms with Crippen molar-refractivity contribution < 1.29 is 49.5 Å². The minimum atomic E-state index is 0. The van der Waals surface area contributed by atoms with E-state index in [1.807, 2.05) is 0 Å². The van der Waals surface area contributed by atoms with Crippen LogP contribution in [0, 0.1) is 13.8 Å². The van der Waals surface area contributed by atoms with E-state index in [2.05, 4.69) is 82.3 Å². The molecule has 0 saturated heterocycles. The smallest absolute Gasteiger partial charge is 1.00 e. The first-order valence-electron chi connectivity index (χ1n) is 10.8. The van der Waals surface area contributed by atoms with Crippen molar-refractivity contribution >= 4 is 6.08 Å². The van der Waals surface area contributed by atoms with Crippen molar-refractivity contribution in [1.82, 2.24) is 0 Å². The molecule has 0 nitrogen and oxygen atoms in total. The second-order valence-corrected chi connectivity index (χ2v) is 10.0. The van der Waals surface area contributed by atoms with Crippen LogP contribution in [0.1, 0.15) is 73.5 Å². The molecule has 157 valence electrons. The van der Waals surface area contributed by atoms with E-state index in [4.69, 9.17) is 0 Å². The standard InChI is InChI=1S/C28H27.2ClH.Zr/c1-5-19-7-9-23-21(15-19)16-27-24(23)10-8-20(6-2)28(27)25-12-11-22-18(4)13-17(3)14-26(22)25;;;/h7-16,25H,5-6H2,1-4H3;2*1H;/q;;;+2/p-2. The van der Waals surface area contributed by atoms with Gasteiger partial charge in [0.2, 0.25) is 0 Å². The fraction of sp³-hybridized carbons (Fsp3) is 0.286. The first-order chi connectivity index (χ1) is 14.0. The zero-order chi connectivity index (χ0) is 20.3. The van der Waals surface area contributed by atoms with Crippen molar-refractivity contribution in [1.29, 1.82) is 0 Å². The number of hydrogen-bond acceptors (Lipinski definition) is 0. The molecule has 0 aromatic heterocycles. The molecule has 2 aliphatic rings. The predicted octanol–water partition coefficient (Wildman–Crippen LogP) is 1.21. The molecule has 3 aromatic rings. The van der Waals surface area contributed by atoms with Crippen molar-refractivity contribution in [2.45, 2.75) is 50.1 Å². The van der Waals surface area contributed by atoms with Crippen LogP contribution < -0.4 is 24.8 Å². The molecule has 0 N–H and O–H groups in total. The van der Waals surface area contributed by atoms with Gasteiger partial charge in [0, 0.05) is 0 Å². The molecule has 3 heteroatoms. The van der Waals surface area contributed by atoms with Crippen LogP contribution in [0.15, 0.2) is 48.5 Å². The van der Waals surface area contributed by atoms with Crippen LogP contribution in [-0.4, -0.2) is 0 Å². The summed E-state index contributed by atoms with van der Waals surface area (Å²) in [6, 6.07) is 16.7. The molecule has 0 bridgehead atoms.